The number of aliphatic hydroxyl groups is 6. The summed E-state index contributed by atoms with van der Waals surface area (Å²) < 4.78 is 10.0. The third kappa shape index (κ3) is 39.8. The molecule has 8 atom stereocenters. The molecule has 14 heteroatoms. The van der Waals surface area contributed by atoms with E-state index < -0.39 is 48.6 Å². The van der Waals surface area contributed by atoms with E-state index in [1.165, 1.54) is 0 Å². The summed E-state index contributed by atoms with van der Waals surface area (Å²) in [5, 5.41) is 71.9. The second kappa shape index (κ2) is 39.3. The number of carbonyl (C=O) groups excluding carboxylic acids is 2. The molecule has 2 saturated heterocycles. The number of hydrogen-bond donors (Lipinski definition) is 8. The van der Waals surface area contributed by atoms with Crippen molar-refractivity contribution in [3.63, 3.8) is 0 Å². The van der Waals surface area contributed by atoms with Gasteiger partial charge in [0, 0.05) is 38.5 Å². The fourth-order valence-corrected chi connectivity index (χ4v) is 4.56. The number of carbonyl (C=O) groups is 4. The lowest BCUT2D eigenvalue weighted by Gasteiger charge is -2.24. The molecule has 0 saturated carbocycles. The van der Waals surface area contributed by atoms with Crippen LogP contribution in [0.5, 0.6) is 0 Å². The van der Waals surface area contributed by atoms with E-state index in [0.717, 1.165) is 0 Å². The molecule has 0 spiro atoms. The third-order valence-corrected chi connectivity index (χ3v) is 6.94. The fraction of sp³-hybridized carbons (Fsp3) is 0.700. The van der Waals surface area contributed by atoms with Gasteiger partial charge >= 0.3 is 23.9 Å². The molecule has 2 fully saturated rings. The van der Waals surface area contributed by atoms with Gasteiger partial charge in [-0.25, -0.2) is 0 Å². The average molecular weight is 781 g/mol. The molecule has 320 valence electrons. The Morgan fingerprint density at radius 2 is 0.889 bits per heavy atom. The number of rotatable bonds is 16. The monoisotopic (exact) mass is 781 g/mol. The Hall–Kier alpha value is -3.40. The van der Waals surface area contributed by atoms with E-state index in [1.54, 1.807) is 24.3 Å². The molecular weight excluding hydrogens is 704 g/mol. The van der Waals surface area contributed by atoms with Gasteiger partial charge < -0.3 is 50.3 Å². The topological polar surface area (TPSA) is 249 Å². The molecule has 8 N–H and O–H groups in total. The normalized spacial score (nSPS) is 21.3. The molecule has 0 amide bonds. The Bertz CT molecular complexity index is 973. The second-order valence-electron chi connectivity index (χ2n) is 11.9. The van der Waals surface area contributed by atoms with Gasteiger partial charge in [-0.15, -0.1) is 0 Å². The molecule has 0 aromatic carbocycles. The summed E-state index contributed by atoms with van der Waals surface area (Å²) >= 11 is 0. The van der Waals surface area contributed by atoms with Crippen LogP contribution >= 0.6 is 0 Å². The molecule has 0 aromatic heterocycles. The number of hydrogen-bond acceptors (Lipinski definition) is 12. The first kappa shape index (κ1) is 62.6. The van der Waals surface area contributed by atoms with Gasteiger partial charge in [0.2, 0.25) is 0 Å². The number of aliphatic carboxylic acids is 2. The van der Waals surface area contributed by atoms with E-state index in [0.29, 0.717) is 38.5 Å². The smallest absolute Gasteiger partial charge is 0.308 e. The van der Waals surface area contributed by atoms with E-state index in [-0.39, 0.29) is 92.4 Å². The molecule has 14 nitrogen and oxygen atoms in total. The molecule has 2 rings (SSSR count). The van der Waals surface area contributed by atoms with Crippen molar-refractivity contribution in [1.29, 1.82) is 0 Å². The Kier molecular flexibility index (Phi) is 45.5. The number of cyclic esters (lactones) is 2. The van der Waals surface area contributed by atoms with Gasteiger partial charge in [0.05, 0.1) is 62.3 Å². The Balaban J connectivity index is -0.000000139. The van der Waals surface area contributed by atoms with E-state index >= 15 is 0 Å². The van der Waals surface area contributed by atoms with Crippen LogP contribution in [0.4, 0.5) is 0 Å². The number of allylic oxidation sites excluding steroid dienone is 4. The summed E-state index contributed by atoms with van der Waals surface area (Å²) in [6.07, 6.45) is 13.7. The van der Waals surface area contributed by atoms with Crippen LogP contribution in [0.1, 0.15) is 134 Å². The molecule has 2 aliphatic heterocycles. The highest BCUT2D eigenvalue weighted by molar-refractivity contribution is 5.71. The lowest BCUT2D eigenvalue weighted by Crippen LogP contribution is -2.32. The Morgan fingerprint density at radius 3 is 1.13 bits per heavy atom. The third-order valence-electron chi connectivity index (χ3n) is 6.94. The molecule has 2 heterocycles. The molecule has 54 heavy (non-hydrogen) atoms. The van der Waals surface area contributed by atoms with Crippen LogP contribution in [0.25, 0.3) is 0 Å². The zero-order valence-corrected chi connectivity index (χ0v) is 29.8. The summed E-state index contributed by atoms with van der Waals surface area (Å²) in [5.41, 5.74) is 0. The lowest BCUT2D eigenvalue weighted by atomic mass is 10.0. The molecule has 0 radical (unpaired) electrons. The highest BCUT2D eigenvalue weighted by atomic mass is 16.6. The minimum atomic E-state index is -1.05. The first-order chi connectivity index (χ1) is 23.6. The summed E-state index contributed by atoms with van der Waals surface area (Å²) in [6.45, 7) is 7.50. The van der Waals surface area contributed by atoms with E-state index in [4.69, 9.17) is 29.9 Å². The summed E-state index contributed by atoms with van der Waals surface area (Å²) in [5.74, 6) is -2.68. The van der Waals surface area contributed by atoms with Crippen molar-refractivity contribution in [2.45, 2.75) is 183 Å². The maximum Gasteiger partial charge on any atom is 0.308 e. The maximum absolute atomic E-state index is 10.8. The molecule has 4 unspecified atom stereocenters. The van der Waals surface area contributed by atoms with Gasteiger partial charge in [-0.3, -0.25) is 19.2 Å². The molecule has 0 bridgehead atoms. The number of carboxylic acids is 2. The molecule has 0 aromatic rings. The van der Waals surface area contributed by atoms with Crippen LogP contribution < -0.4 is 0 Å². The predicted octanol–water partition coefficient (Wildman–Crippen LogP) is 5.66. The summed E-state index contributed by atoms with van der Waals surface area (Å²) in [7, 11) is 0. The van der Waals surface area contributed by atoms with Crippen LogP contribution in [0.3, 0.4) is 0 Å². The van der Waals surface area contributed by atoms with Gasteiger partial charge in [-0.05, 0) is 40.5 Å². The van der Waals surface area contributed by atoms with Crippen molar-refractivity contribution >= 4 is 23.9 Å². The van der Waals surface area contributed by atoms with Crippen molar-refractivity contribution in [1.82, 2.24) is 0 Å². The zero-order chi connectivity index (χ0) is 38.5. The van der Waals surface area contributed by atoms with Crippen LogP contribution in [-0.2, 0) is 28.7 Å². The minimum Gasteiger partial charge on any atom is -0.481 e. The van der Waals surface area contributed by atoms with E-state index in [9.17, 15) is 39.6 Å². The fourth-order valence-electron chi connectivity index (χ4n) is 4.56. The second-order valence-corrected chi connectivity index (χ2v) is 11.9. The highest BCUT2D eigenvalue weighted by Gasteiger charge is 2.27. The van der Waals surface area contributed by atoms with E-state index in [1.807, 2.05) is 52.0 Å². The molecule has 2 aliphatic rings. The first-order valence-corrected chi connectivity index (χ1v) is 16.9. The van der Waals surface area contributed by atoms with Crippen molar-refractivity contribution < 1.29 is 69.5 Å². The lowest BCUT2D eigenvalue weighted by molar-refractivity contribution is -0.160. The predicted molar refractivity (Wildman–Crippen MR) is 213 cm³/mol. The molecule has 0 aliphatic carbocycles. The van der Waals surface area contributed by atoms with Crippen LogP contribution in [0, 0.1) is 0 Å². The summed E-state index contributed by atoms with van der Waals surface area (Å²) in [4.78, 5) is 42.0. The van der Waals surface area contributed by atoms with Crippen molar-refractivity contribution in [2.24, 2.45) is 0 Å². The number of ether oxygens (including phenoxy) is 2. The number of carboxylic acid groups (broad SMARTS) is 2. The molecular formula is C40H76O14. The van der Waals surface area contributed by atoms with Crippen LogP contribution in [0.2, 0.25) is 0 Å². The number of esters is 2. The standard InChI is InChI=1S/2C9H16O4.2C9H14O3.4CH4/c2*1-2-3-4-7(10)5-8(11)6-9(12)13;2*1-2-3-4-8-5-7(10)6-9(11)12-8;;;;/h2*2-3,7-8,10-11H,4-6H2,1H3,(H,12,13);2*2-3,7-8,10H,4-6H2,1H3;4*1H4/t7-,8-;;7-,8-;;;;;/m1.1...../s1. The first-order valence-electron chi connectivity index (χ1n) is 16.9. The average Bonchev–Trinajstić information content (AvgIpc) is 3.00. The van der Waals surface area contributed by atoms with Gasteiger partial charge in [0.1, 0.15) is 12.2 Å². The van der Waals surface area contributed by atoms with E-state index in [2.05, 4.69) is 0 Å². The quantitative estimate of drug-likeness (QED) is 0.0696. The van der Waals surface area contributed by atoms with Gasteiger partial charge in [0.15, 0.2) is 0 Å². The highest BCUT2D eigenvalue weighted by Crippen LogP contribution is 2.18. The van der Waals surface area contributed by atoms with Crippen LogP contribution in [-0.4, -0.2) is 114 Å². The van der Waals surface area contributed by atoms with Gasteiger partial charge in [-0.1, -0.05) is 78.3 Å². The Labute approximate surface area is 324 Å². The number of aliphatic hydroxyl groups excluding tert-OH is 6. The van der Waals surface area contributed by atoms with Crippen molar-refractivity contribution in [3.05, 3.63) is 48.6 Å². The van der Waals surface area contributed by atoms with Gasteiger partial charge in [-0.2, -0.15) is 0 Å². The largest absolute Gasteiger partial charge is 0.481 e. The SMILES string of the molecule is C.C.C.C.CC=CCC(O)CC(O)CC(=O)O.CC=CCC1CC(O)CC(=O)O1.CC=CC[C@@H](O)C[C@@H](O)CC(=O)O.CC=CC[C@@H]1C[C@@H](O)CC(=O)O1. The van der Waals surface area contributed by atoms with Crippen molar-refractivity contribution in [2.75, 3.05) is 0 Å². The van der Waals surface area contributed by atoms with Crippen molar-refractivity contribution in [3.8, 4) is 0 Å². The minimum absolute atomic E-state index is 0. The zero-order valence-electron chi connectivity index (χ0n) is 29.8. The maximum atomic E-state index is 10.8. The Morgan fingerprint density at radius 1 is 0.593 bits per heavy atom. The van der Waals surface area contributed by atoms with Crippen LogP contribution in [0.15, 0.2) is 48.6 Å². The van der Waals surface area contributed by atoms with Gasteiger partial charge in [0.25, 0.3) is 0 Å². The summed E-state index contributed by atoms with van der Waals surface area (Å²) in [6, 6.07) is 0.